The minimum absolute atomic E-state index is 0.183. The Morgan fingerprint density at radius 2 is 1.73 bits per heavy atom. The van der Waals surface area contributed by atoms with E-state index in [2.05, 4.69) is 20.0 Å². The number of rotatable bonds is 4. The van der Waals surface area contributed by atoms with Crippen molar-refractivity contribution < 1.29 is 17.9 Å². The predicted molar refractivity (Wildman–Crippen MR) is 77.3 cm³/mol. The first kappa shape index (κ1) is 16.1. The summed E-state index contributed by atoms with van der Waals surface area (Å²) in [5.74, 6) is 1.23. The molecule has 0 saturated carbocycles. The molecule has 0 fully saturated rings. The van der Waals surface area contributed by atoms with Crippen LogP contribution in [0, 0.1) is 6.92 Å². The Balaban J connectivity index is 2.14. The Hall–Kier alpha value is -2.31. The van der Waals surface area contributed by atoms with Crippen molar-refractivity contribution in [1.82, 2.24) is 9.97 Å². The van der Waals surface area contributed by atoms with Gasteiger partial charge in [-0.3, -0.25) is 0 Å². The number of hydrogen-bond acceptors (Lipinski definition) is 4. The van der Waals surface area contributed by atoms with Crippen molar-refractivity contribution in [3.63, 3.8) is 0 Å². The third-order valence-electron chi connectivity index (χ3n) is 2.75. The molecule has 0 unspecified atom stereocenters. The zero-order valence-corrected chi connectivity index (χ0v) is 12.4. The van der Waals surface area contributed by atoms with E-state index in [9.17, 15) is 13.2 Å². The van der Waals surface area contributed by atoms with Crippen LogP contribution in [0.25, 0.3) is 0 Å². The summed E-state index contributed by atoms with van der Waals surface area (Å²) in [7, 11) is 0. The number of anilines is 2. The van der Waals surface area contributed by atoms with Crippen LogP contribution in [0.1, 0.15) is 31.3 Å². The van der Waals surface area contributed by atoms with Gasteiger partial charge in [0.1, 0.15) is 17.4 Å². The molecule has 0 saturated heterocycles. The molecule has 1 aromatic heterocycles. The predicted octanol–water partition coefficient (Wildman–Crippen LogP) is 4.55. The first-order valence-electron chi connectivity index (χ1n) is 6.71. The summed E-state index contributed by atoms with van der Waals surface area (Å²) in [4.78, 5) is 8.71. The second-order valence-corrected chi connectivity index (χ2v) is 5.10. The first-order valence-corrected chi connectivity index (χ1v) is 6.71. The maximum Gasteiger partial charge on any atom is 0.573 e. The average molecular weight is 311 g/mol. The molecule has 0 bridgehead atoms. The number of ether oxygens (including phenoxy) is 1. The molecule has 7 heteroatoms. The Morgan fingerprint density at radius 3 is 2.27 bits per heavy atom. The van der Waals surface area contributed by atoms with Gasteiger partial charge in [-0.25, -0.2) is 9.97 Å². The topological polar surface area (TPSA) is 47.0 Å². The quantitative estimate of drug-likeness (QED) is 0.900. The SMILES string of the molecule is Cc1cc(Nc2ccc(OC(F)(F)F)cc2)nc(C(C)C)n1. The minimum atomic E-state index is -4.69. The van der Waals surface area contributed by atoms with Gasteiger partial charge in [0.05, 0.1) is 0 Å². The van der Waals surface area contributed by atoms with Gasteiger partial charge >= 0.3 is 6.36 Å². The van der Waals surface area contributed by atoms with Crippen LogP contribution in [0.5, 0.6) is 5.75 Å². The number of halogens is 3. The molecular weight excluding hydrogens is 295 g/mol. The van der Waals surface area contributed by atoms with Gasteiger partial charge in [0.15, 0.2) is 0 Å². The molecule has 2 aromatic rings. The molecule has 0 atom stereocenters. The largest absolute Gasteiger partial charge is 0.573 e. The van der Waals surface area contributed by atoms with E-state index in [0.29, 0.717) is 17.3 Å². The molecule has 0 aliphatic heterocycles. The number of nitrogens with zero attached hydrogens (tertiary/aromatic N) is 2. The lowest BCUT2D eigenvalue weighted by Gasteiger charge is -2.12. The summed E-state index contributed by atoms with van der Waals surface area (Å²) in [6, 6.07) is 7.24. The highest BCUT2D eigenvalue weighted by Gasteiger charge is 2.30. The third kappa shape index (κ3) is 4.61. The van der Waals surface area contributed by atoms with Crippen LogP contribution in [-0.2, 0) is 0 Å². The summed E-state index contributed by atoms with van der Waals surface area (Å²) in [5.41, 5.74) is 1.43. The van der Waals surface area contributed by atoms with Crippen molar-refractivity contribution in [1.29, 1.82) is 0 Å². The summed E-state index contributed by atoms with van der Waals surface area (Å²) >= 11 is 0. The summed E-state index contributed by atoms with van der Waals surface area (Å²) < 4.78 is 40.1. The van der Waals surface area contributed by atoms with Crippen LogP contribution in [0.4, 0.5) is 24.7 Å². The summed E-state index contributed by atoms with van der Waals surface area (Å²) in [6.07, 6.45) is -4.69. The van der Waals surface area contributed by atoms with Crippen molar-refractivity contribution >= 4 is 11.5 Å². The van der Waals surface area contributed by atoms with E-state index >= 15 is 0 Å². The van der Waals surface area contributed by atoms with Gasteiger partial charge in [0.25, 0.3) is 0 Å². The average Bonchev–Trinajstić information content (AvgIpc) is 2.38. The molecule has 0 aliphatic carbocycles. The molecule has 0 radical (unpaired) electrons. The monoisotopic (exact) mass is 311 g/mol. The summed E-state index contributed by atoms with van der Waals surface area (Å²) in [5, 5.41) is 3.04. The van der Waals surface area contributed by atoms with Crippen LogP contribution in [-0.4, -0.2) is 16.3 Å². The lowest BCUT2D eigenvalue weighted by Crippen LogP contribution is -2.17. The molecule has 0 amide bonds. The molecule has 1 N–H and O–H groups in total. The van der Waals surface area contributed by atoms with Gasteiger partial charge < -0.3 is 10.1 Å². The molecule has 2 rings (SSSR count). The van der Waals surface area contributed by atoms with Gasteiger partial charge in [-0.15, -0.1) is 13.2 Å². The highest BCUT2D eigenvalue weighted by atomic mass is 19.4. The first-order chi connectivity index (χ1) is 10.2. The van der Waals surface area contributed by atoms with E-state index in [1.54, 1.807) is 6.07 Å². The van der Waals surface area contributed by atoms with Crippen molar-refractivity contribution in [2.75, 3.05) is 5.32 Å². The third-order valence-corrected chi connectivity index (χ3v) is 2.75. The van der Waals surface area contributed by atoms with E-state index < -0.39 is 6.36 Å². The molecule has 1 aromatic carbocycles. The fraction of sp³-hybridized carbons (Fsp3) is 0.333. The molecule has 22 heavy (non-hydrogen) atoms. The van der Waals surface area contributed by atoms with Gasteiger partial charge in [0, 0.05) is 23.4 Å². The van der Waals surface area contributed by atoms with E-state index in [1.165, 1.54) is 24.3 Å². The van der Waals surface area contributed by atoms with Gasteiger partial charge in [-0.1, -0.05) is 13.8 Å². The van der Waals surface area contributed by atoms with E-state index in [0.717, 1.165) is 5.69 Å². The maximum absolute atomic E-state index is 12.1. The Bertz CT molecular complexity index is 639. The maximum atomic E-state index is 12.1. The van der Waals surface area contributed by atoms with Gasteiger partial charge in [-0.05, 0) is 31.2 Å². The highest BCUT2D eigenvalue weighted by Crippen LogP contribution is 2.25. The molecule has 118 valence electrons. The standard InChI is InChI=1S/C15H16F3N3O/c1-9(2)14-19-10(3)8-13(21-14)20-11-4-6-12(7-5-11)22-15(16,17)18/h4-9H,1-3H3,(H,19,20,21). The van der Waals surface area contributed by atoms with E-state index in [-0.39, 0.29) is 11.7 Å². The van der Waals surface area contributed by atoms with Crippen molar-refractivity contribution in [3.8, 4) is 5.75 Å². The Kier molecular flexibility index (Phi) is 4.54. The Morgan fingerprint density at radius 1 is 1.09 bits per heavy atom. The second-order valence-electron chi connectivity index (χ2n) is 5.10. The molecule has 4 nitrogen and oxygen atoms in total. The lowest BCUT2D eigenvalue weighted by atomic mass is 10.2. The molecular formula is C15H16F3N3O. The van der Waals surface area contributed by atoms with Crippen molar-refractivity contribution in [3.05, 3.63) is 41.9 Å². The van der Waals surface area contributed by atoms with Gasteiger partial charge in [0.2, 0.25) is 0 Å². The fourth-order valence-corrected chi connectivity index (χ4v) is 1.80. The van der Waals surface area contributed by atoms with Crippen molar-refractivity contribution in [2.24, 2.45) is 0 Å². The van der Waals surface area contributed by atoms with Crippen LogP contribution < -0.4 is 10.1 Å². The zero-order chi connectivity index (χ0) is 16.3. The van der Waals surface area contributed by atoms with E-state index in [4.69, 9.17) is 0 Å². The highest BCUT2D eigenvalue weighted by molar-refractivity contribution is 5.57. The van der Waals surface area contributed by atoms with Crippen LogP contribution in [0.15, 0.2) is 30.3 Å². The van der Waals surface area contributed by atoms with E-state index in [1.807, 2.05) is 20.8 Å². The number of hydrogen-bond donors (Lipinski definition) is 1. The number of alkyl halides is 3. The normalized spacial score (nSPS) is 11.6. The number of nitrogens with one attached hydrogen (secondary N) is 1. The Labute approximate surface area is 126 Å². The fourth-order valence-electron chi connectivity index (χ4n) is 1.80. The second kappa shape index (κ2) is 6.21. The van der Waals surface area contributed by atoms with Crippen LogP contribution in [0.2, 0.25) is 0 Å². The number of aromatic nitrogens is 2. The molecule has 0 spiro atoms. The lowest BCUT2D eigenvalue weighted by molar-refractivity contribution is -0.274. The van der Waals surface area contributed by atoms with Crippen LogP contribution >= 0.6 is 0 Å². The number of aryl methyl sites for hydroxylation is 1. The summed E-state index contributed by atoms with van der Waals surface area (Å²) in [6.45, 7) is 5.84. The molecule has 1 heterocycles. The zero-order valence-electron chi connectivity index (χ0n) is 12.4. The van der Waals surface area contributed by atoms with Crippen molar-refractivity contribution in [2.45, 2.75) is 33.1 Å². The van der Waals surface area contributed by atoms with Gasteiger partial charge in [-0.2, -0.15) is 0 Å². The van der Waals surface area contributed by atoms with Crippen LogP contribution in [0.3, 0.4) is 0 Å². The smallest absolute Gasteiger partial charge is 0.406 e. The molecule has 0 aliphatic rings. The number of benzene rings is 1. The minimum Gasteiger partial charge on any atom is -0.406 e.